The lowest BCUT2D eigenvalue weighted by Gasteiger charge is -2.38. The molecule has 1 heterocycles. The summed E-state index contributed by atoms with van der Waals surface area (Å²) in [7, 11) is 0. The van der Waals surface area contributed by atoms with Gasteiger partial charge in [-0.05, 0) is 57.7 Å². The summed E-state index contributed by atoms with van der Waals surface area (Å²) in [4.78, 5) is 0. The van der Waals surface area contributed by atoms with Crippen molar-refractivity contribution in [3.05, 3.63) is 102 Å². The van der Waals surface area contributed by atoms with E-state index in [-0.39, 0.29) is 5.41 Å². The van der Waals surface area contributed by atoms with Gasteiger partial charge in [-0.15, -0.1) is 0 Å². The van der Waals surface area contributed by atoms with Crippen LogP contribution in [-0.2, 0) is 5.41 Å². The van der Waals surface area contributed by atoms with E-state index in [0.29, 0.717) is 17.9 Å². The average molecular weight is 380 g/mol. The zero-order valence-electron chi connectivity index (χ0n) is 17.5. The smallest absolute Gasteiger partial charge is 0.0553 e. The van der Waals surface area contributed by atoms with Gasteiger partial charge in [-0.2, -0.15) is 0 Å². The first-order valence-electron chi connectivity index (χ1n) is 10.7. The van der Waals surface area contributed by atoms with Gasteiger partial charge in [0.2, 0.25) is 0 Å². The second-order valence-corrected chi connectivity index (χ2v) is 9.52. The molecule has 0 amide bonds. The van der Waals surface area contributed by atoms with E-state index < -0.39 is 0 Å². The highest BCUT2D eigenvalue weighted by molar-refractivity contribution is 5.71. The van der Waals surface area contributed by atoms with Gasteiger partial charge in [0.25, 0.3) is 0 Å². The fourth-order valence-corrected chi connectivity index (χ4v) is 4.93. The van der Waals surface area contributed by atoms with Gasteiger partial charge >= 0.3 is 0 Å². The summed E-state index contributed by atoms with van der Waals surface area (Å²) in [5.74, 6) is 1.07. The summed E-state index contributed by atoms with van der Waals surface area (Å²) in [5.41, 5.74) is 8.29. The Balaban J connectivity index is 1.50. The summed E-state index contributed by atoms with van der Waals surface area (Å²) in [6, 6.07) is 27.2. The molecule has 0 radical (unpaired) electrons. The minimum absolute atomic E-state index is 0.191. The zero-order valence-corrected chi connectivity index (χ0v) is 17.5. The van der Waals surface area contributed by atoms with Gasteiger partial charge in [0.05, 0.1) is 6.04 Å². The minimum atomic E-state index is 0.191. The van der Waals surface area contributed by atoms with Crippen LogP contribution in [0.2, 0.25) is 0 Å². The predicted molar refractivity (Wildman–Crippen MR) is 123 cm³/mol. The molecule has 1 nitrogen and oxygen atoms in total. The van der Waals surface area contributed by atoms with Gasteiger partial charge in [0.1, 0.15) is 0 Å². The lowest BCUT2D eigenvalue weighted by Crippen LogP contribution is -2.29. The van der Waals surface area contributed by atoms with Gasteiger partial charge in [0, 0.05) is 11.6 Å². The van der Waals surface area contributed by atoms with Crippen LogP contribution in [0.4, 0.5) is 5.69 Å². The van der Waals surface area contributed by atoms with Crippen molar-refractivity contribution in [1.29, 1.82) is 0 Å². The van der Waals surface area contributed by atoms with Crippen molar-refractivity contribution >= 4 is 5.69 Å². The van der Waals surface area contributed by atoms with Crippen LogP contribution in [0, 0.1) is 5.92 Å². The third-order valence-corrected chi connectivity index (χ3v) is 6.61. The van der Waals surface area contributed by atoms with Crippen molar-refractivity contribution in [2.24, 2.45) is 5.92 Å². The number of fused-ring (bicyclic) bond motifs is 3. The molecule has 146 valence electrons. The molecular formula is C28H29N. The molecule has 1 aliphatic heterocycles. The summed E-state index contributed by atoms with van der Waals surface area (Å²) in [6.07, 6.45) is 5.94. The molecule has 2 aliphatic rings. The maximum absolute atomic E-state index is 3.88. The average Bonchev–Trinajstić information content (AvgIpc) is 3.23. The molecule has 29 heavy (non-hydrogen) atoms. The Kier molecular flexibility index (Phi) is 4.35. The molecule has 0 spiro atoms. The maximum Gasteiger partial charge on any atom is 0.0553 e. The van der Waals surface area contributed by atoms with E-state index in [2.05, 4.69) is 111 Å². The Morgan fingerprint density at radius 2 is 1.59 bits per heavy atom. The second kappa shape index (κ2) is 6.91. The SMILES string of the molecule is CC(C)(C)c1ccc([C@@H]2Nc3ccc(-c4ccccc4)cc3[C@@H]3C=CC[C@@H]32)cc1. The number of anilines is 1. The molecule has 1 N–H and O–H groups in total. The fraction of sp³-hybridized carbons (Fsp3) is 0.286. The van der Waals surface area contributed by atoms with Crippen LogP contribution in [-0.4, -0.2) is 0 Å². The summed E-state index contributed by atoms with van der Waals surface area (Å²) < 4.78 is 0. The summed E-state index contributed by atoms with van der Waals surface area (Å²) in [6.45, 7) is 6.83. The van der Waals surface area contributed by atoms with Crippen molar-refractivity contribution in [2.75, 3.05) is 5.32 Å². The van der Waals surface area contributed by atoms with Crippen LogP contribution in [0.15, 0.2) is 84.9 Å². The molecule has 0 fully saturated rings. The molecule has 5 rings (SSSR count). The third kappa shape index (κ3) is 3.29. The number of hydrogen-bond acceptors (Lipinski definition) is 1. The van der Waals surface area contributed by atoms with Gasteiger partial charge < -0.3 is 5.32 Å². The Morgan fingerprint density at radius 1 is 0.828 bits per heavy atom. The van der Waals surface area contributed by atoms with E-state index in [1.165, 1.54) is 33.5 Å². The number of benzene rings is 3. The fourth-order valence-electron chi connectivity index (χ4n) is 4.93. The topological polar surface area (TPSA) is 12.0 Å². The summed E-state index contributed by atoms with van der Waals surface area (Å²) >= 11 is 0. The monoisotopic (exact) mass is 379 g/mol. The zero-order chi connectivity index (χ0) is 20.0. The first kappa shape index (κ1) is 18.2. The molecule has 0 saturated heterocycles. The lowest BCUT2D eigenvalue weighted by atomic mass is 9.76. The van der Waals surface area contributed by atoms with Gasteiger partial charge in [-0.1, -0.05) is 93.6 Å². The quantitative estimate of drug-likeness (QED) is 0.455. The first-order valence-corrected chi connectivity index (χ1v) is 10.7. The molecule has 0 unspecified atom stereocenters. The maximum atomic E-state index is 3.88. The third-order valence-electron chi connectivity index (χ3n) is 6.61. The van der Waals surface area contributed by atoms with E-state index in [9.17, 15) is 0 Å². The van der Waals surface area contributed by atoms with Crippen LogP contribution in [0.1, 0.15) is 55.8 Å². The van der Waals surface area contributed by atoms with Crippen LogP contribution in [0.3, 0.4) is 0 Å². The Hall–Kier alpha value is -2.80. The van der Waals surface area contributed by atoms with Crippen molar-refractivity contribution in [1.82, 2.24) is 0 Å². The largest absolute Gasteiger partial charge is 0.378 e. The highest BCUT2D eigenvalue weighted by atomic mass is 15.0. The van der Waals surface area contributed by atoms with Crippen LogP contribution >= 0.6 is 0 Å². The van der Waals surface area contributed by atoms with Crippen LogP contribution in [0.5, 0.6) is 0 Å². The van der Waals surface area contributed by atoms with E-state index >= 15 is 0 Å². The Bertz CT molecular complexity index is 1040. The molecular weight excluding hydrogens is 350 g/mol. The molecule has 0 bridgehead atoms. The van der Waals surface area contributed by atoms with E-state index in [0.717, 1.165) is 6.42 Å². The van der Waals surface area contributed by atoms with Crippen LogP contribution < -0.4 is 5.32 Å². The molecule has 0 aromatic heterocycles. The van der Waals surface area contributed by atoms with E-state index in [4.69, 9.17) is 0 Å². The van der Waals surface area contributed by atoms with E-state index in [1.54, 1.807) is 0 Å². The Labute approximate surface area is 174 Å². The standard InChI is InChI=1S/C28H29N/c1-28(2,3)22-15-12-20(13-16-22)27-24-11-7-10-23(24)25-18-21(14-17-26(25)29-27)19-8-5-4-6-9-19/h4-10,12-18,23-24,27,29H,11H2,1-3H3/t23-,24+,27+/m1/s1. The van der Waals surface area contributed by atoms with Crippen LogP contribution in [0.25, 0.3) is 11.1 Å². The van der Waals surface area contributed by atoms with E-state index in [1.807, 2.05) is 0 Å². The van der Waals surface area contributed by atoms with Crippen molar-refractivity contribution in [3.63, 3.8) is 0 Å². The van der Waals surface area contributed by atoms with Gasteiger partial charge in [0.15, 0.2) is 0 Å². The summed E-state index contributed by atoms with van der Waals surface area (Å²) in [5, 5.41) is 3.88. The van der Waals surface area contributed by atoms with Gasteiger partial charge in [-0.25, -0.2) is 0 Å². The number of hydrogen-bond donors (Lipinski definition) is 1. The molecule has 1 heteroatoms. The predicted octanol–water partition coefficient (Wildman–Crippen LogP) is 7.48. The number of nitrogens with one attached hydrogen (secondary N) is 1. The normalized spacial score (nSPS) is 22.7. The van der Waals surface area contributed by atoms with Crippen molar-refractivity contribution in [2.45, 2.75) is 44.6 Å². The number of allylic oxidation sites excluding steroid dienone is 2. The highest BCUT2D eigenvalue weighted by Crippen LogP contribution is 2.50. The van der Waals surface area contributed by atoms with Crippen molar-refractivity contribution < 1.29 is 0 Å². The second-order valence-electron chi connectivity index (χ2n) is 9.52. The number of rotatable bonds is 2. The molecule has 3 aromatic rings. The molecule has 0 saturated carbocycles. The Morgan fingerprint density at radius 3 is 2.31 bits per heavy atom. The minimum Gasteiger partial charge on any atom is -0.378 e. The first-order chi connectivity index (χ1) is 14.0. The molecule has 3 atom stereocenters. The highest BCUT2D eigenvalue weighted by Gasteiger charge is 2.38. The van der Waals surface area contributed by atoms with Crippen molar-refractivity contribution in [3.8, 4) is 11.1 Å². The molecule has 3 aromatic carbocycles. The van der Waals surface area contributed by atoms with Gasteiger partial charge in [-0.3, -0.25) is 0 Å². The molecule has 1 aliphatic carbocycles. The lowest BCUT2D eigenvalue weighted by molar-refractivity contribution is 0.425.